The van der Waals surface area contributed by atoms with Crippen molar-refractivity contribution in [1.29, 1.82) is 0 Å². The third kappa shape index (κ3) is 2.37. The van der Waals surface area contributed by atoms with Gasteiger partial charge in [-0.05, 0) is 27.7 Å². The fourth-order valence-electron chi connectivity index (χ4n) is 2.33. The zero-order valence-corrected chi connectivity index (χ0v) is 12.8. The molecule has 21 heavy (non-hydrogen) atoms. The largest absolute Gasteiger partial charge is 0.326 e. The normalized spacial score (nSPS) is 11.7. The van der Waals surface area contributed by atoms with E-state index in [0.717, 1.165) is 17.2 Å². The maximum absolute atomic E-state index is 4.50. The van der Waals surface area contributed by atoms with E-state index in [1.54, 1.807) is 6.20 Å². The third-order valence-corrected chi connectivity index (χ3v) is 3.49. The number of imidazole rings is 2. The summed E-state index contributed by atoms with van der Waals surface area (Å²) in [5.41, 5.74) is 2.01. The van der Waals surface area contributed by atoms with Gasteiger partial charge in [-0.2, -0.15) is 5.10 Å². The summed E-state index contributed by atoms with van der Waals surface area (Å²) in [6.45, 7) is 8.49. The zero-order chi connectivity index (χ0) is 15.0. The molecule has 0 aliphatic rings. The molecule has 0 aliphatic carbocycles. The maximum atomic E-state index is 4.50. The number of aromatic nitrogens is 6. The molecule has 3 aromatic heterocycles. The minimum absolute atomic E-state index is 0.339. The molecule has 3 heterocycles. The second-order valence-corrected chi connectivity index (χ2v) is 5.67. The number of hydrogen-bond donors (Lipinski definition) is 0. The van der Waals surface area contributed by atoms with Crippen molar-refractivity contribution in [2.24, 2.45) is 0 Å². The quantitative estimate of drug-likeness (QED) is 0.739. The molecule has 0 aromatic carbocycles. The van der Waals surface area contributed by atoms with Crippen LogP contribution in [0.3, 0.4) is 0 Å². The Morgan fingerprint density at radius 2 is 1.86 bits per heavy atom. The standard InChI is InChI=1S/C15H20N6/c1-11(2)20-10-16-8-14(20)15-17-5-6-19(15)13-7-18-21(9-13)12(3)4/h5-12H,1-4H3. The molecule has 0 fully saturated rings. The minimum atomic E-state index is 0.339. The summed E-state index contributed by atoms with van der Waals surface area (Å²) in [6.07, 6.45) is 11.4. The van der Waals surface area contributed by atoms with Gasteiger partial charge in [0.05, 0.1) is 24.4 Å². The summed E-state index contributed by atoms with van der Waals surface area (Å²) in [4.78, 5) is 8.75. The van der Waals surface area contributed by atoms with Crippen molar-refractivity contribution >= 4 is 0 Å². The highest BCUT2D eigenvalue weighted by Crippen LogP contribution is 2.23. The van der Waals surface area contributed by atoms with Gasteiger partial charge in [0, 0.05) is 30.7 Å². The number of nitrogens with zero attached hydrogens (tertiary/aromatic N) is 6. The highest BCUT2D eigenvalue weighted by molar-refractivity contribution is 5.53. The van der Waals surface area contributed by atoms with Crippen LogP contribution in [0.2, 0.25) is 0 Å². The van der Waals surface area contributed by atoms with E-state index in [4.69, 9.17) is 0 Å². The lowest BCUT2D eigenvalue weighted by molar-refractivity contribution is 0.532. The van der Waals surface area contributed by atoms with E-state index >= 15 is 0 Å². The molecule has 3 rings (SSSR count). The number of hydrogen-bond acceptors (Lipinski definition) is 3. The van der Waals surface area contributed by atoms with Gasteiger partial charge < -0.3 is 4.57 Å². The van der Waals surface area contributed by atoms with Crippen LogP contribution < -0.4 is 0 Å². The molecule has 0 radical (unpaired) electrons. The summed E-state index contributed by atoms with van der Waals surface area (Å²) in [5.74, 6) is 0.879. The Morgan fingerprint density at radius 1 is 1.05 bits per heavy atom. The van der Waals surface area contributed by atoms with Gasteiger partial charge in [-0.15, -0.1) is 0 Å². The molecule has 0 unspecified atom stereocenters. The van der Waals surface area contributed by atoms with Crippen molar-refractivity contribution in [2.75, 3.05) is 0 Å². The first-order chi connectivity index (χ1) is 10.1. The Morgan fingerprint density at radius 3 is 2.52 bits per heavy atom. The summed E-state index contributed by atoms with van der Waals surface area (Å²) in [5, 5.41) is 4.40. The van der Waals surface area contributed by atoms with Crippen LogP contribution in [0.5, 0.6) is 0 Å². The van der Waals surface area contributed by atoms with Crippen LogP contribution in [0.25, 0.3) is 17.2 Å². The highest BCUT2D eigenvalue weighted by atomic mass is 15.3. The minimum Gasteiger partial charge on any atom is -0.326 e. The Labute approximate surface area is 124 Å². The molecule has 0 bridgehead atoms. The first-order valence-electron chi connectivity index (χ1n) is 7.18. The van der Waals surface area contributed by atoms with E-state index < -0.39 is 0 Å². The topological polar surface area (TPSA) is 53.5 Å². The van der Waals surface area contributed by atoms with Gasteiger partial charge in [-0.3, -0.25) is 9.25 Å². The lowest BCUT2D eigenvalue weighted by Gasteiger charge is -2.12. The van der Waals surface area contributed by atoms with Crippen LogP contribution in [0.1, 0.15) is 39.8 Å². The van der Waals surface area contributed by atoms with Crippen molar-refractivity contribution in [3.8, 4) is 17.2 Å². The molecule has 0 saturated carbocycles. The molecular formula is C15H20N6. The van der Waals surface area contributed by atoms with Gasteiger partial charge in [0.15, 0.2) is 5.82 Å². The lowest BCUT2D eigenvalue weighted by Crippen LogP contribution is -2.05. The van der Waals surface area contributed by atoms with Gasteiger partial charge in [-0.1, -0.05) is 0 Å². The van der Waals surface area contributed by atoms with Crippen LogP contribution in [-0.2, 0) is 0 Å². The Bertz CT molecular complexity index is 731. The van der Waals surface area contributed by atoms with E-state index in [9.17, 15) is 0 Å². The van der Waals surface area contributed by atoms with Gasteiger partial charge in [-0.25, -0.2) is 9.97 Å². The predicted octanol–water partition coefficient (Wildman–Crippen LogP) is 3.09. The van der Waals surface area contributed by atoms with Crippen LogP contribution in [0.4, 0.5) is 0 Å². The van der Waals surface area contributed by atoms with Crippen LogP contribution in [0.15, 0.2) is 37.3 Å². The van der Waals surface area contributed by atoms with E-state index in [2.05, 4.69) is 47.3 Å². The smallest absolute Gasteiger partial charge is 0.163 e. The number of rotatable bonds is 4. The summed E-state index contributed by atoms with van der Waals surface area (Å²) in [7, 11) is 0. The van der Waals surface area contributed by atoms with Crippen molar-refractivity contribution < 1.29 is 0 Å². The van der Waals surface area contributed by atoms with E-state index in [1.807, 2.05) is 40.4 Å². The van der Waals surface area contributed by atoms with Gasteiger partial charge in [0.1, 0.15) is 5.69 Å². The zero-order valence-electron chi connectivity index (χ0n) is 12.8. The van der Waals surface area contributed by atoms with Crippen LogP contribution in [0, 0.1) is 0 Å². The highest BCUT2D eigenvalue weighted by Gasteiger charge is 2.15. The summed E-state index contributed by atoms with van der Waals surface area (Å²) >= 11 is 0. The second-order valence-electron chi connectivity index (χ2n) is 5.67. The first kappa shape index (κ1) is 13.6. The predicted molar refractivity (Wildman–Crippen MR) is 81.3 cm³/mol. The Kier molecular flexibility index (Phi) is 3.37. The van der Waals surface area contributed by atoms with Crippen molar-refractivity contribution in [1.82, 2.24) is 28.9 Å². The molecule has 0 spiro atoms. The average Bonchev–Trinajstić information content (AvgIpc) is 3.17. The molecule has 6 heteroatoms. The molecule has 3 aromatic rings. The van der Waals surface area contributed by atoms with E-state index in [1.165, 1.54) is 0 Å². The maximum Gasteiger partial charge on any atom is 0.163 e. The van der Waals surface area contributed by atoms with Crippen molar-refractivity contribution in [3.63, 3.8) is 0 Å². The van der Waals surface area contributed by atoms with Crippen molar-refractivity contribution in [3.05, 3.63) is 37.3 Å². The monoisotopic (exact) mass is 284 g/mol. The fraction of sp³-hybridized carbons (Fsp3) is 0.400. The molecule has 0 atom stereocenters. The van der Waals surface area contributed by atoms with Gasteiger partial charge in [0.2, 0.25) is 0 Å². The van der Waals surface area contributed by atoms with Gasteiger partial charge in [0.25, 0.3) is 0 Å². The Hall–Kier alpha value is -2.37. The molecule has 110 valence electrons. The molecule has 0 N–H and O–H groups in total. The third-order valence-electron chi connectivity index (χ3n) is 3.49. The molecule has 0 saturated heterocycles. The second kappa shape index (κ2) is 5.20. The summed E-state index contributed by atoms with van der Waals surface area (Å²) < 4.78 is 6.10. The fourth-order valence-corrected chi connectivity index (χ4v) is 2.33. The van der Waals surface area contributed by atoms with E-state index in [0.29, 0.717) is 12.1 Å². The van der Waals surface area contributed by atoms with Crippen LogP contribution >= 0.6 is 0 Å². The lowest BCUT2D eigenvalue weighted by atomic mass is 10.3. The molecular weight excluding hydrogens is 264 g/mol. The summed E-state index contributed by atoms with van der Waals surface area (Å²) in [6, 6.07) is 0.679. The molecule has 0 aliphatic heterocycles. The first-order valence-corrected chi connectivity index (χ1v) is 7.18. The van der Waals surface area contributed by atoms with Crippen LogP contribution in [-0.4, -0.2) is 28.9 Å². The molecule has 0 amide bonds. The van der Waals surface area contributed by atoms with E-state index in [-0.39, 0.29) is 0 Å². The molecule has 6 nitrogen and oxygen atoms in total. The SMILES string of the molecule is CC(C)n1cc(-n2ccnc2-c2cncn2C(C)C)cn1. The van der Waals surface area contributed by atoms with Gasteiger partial charge >= 0.3 is 0 Å². The Balaban J connectivity index is 2.06. The van der Waals surface area contributed by atoms with Crippen molar-refractivity contribution in [2.45, 2.75) is 39.8 Å². The average molecular weight is 284 g/mol.